The van der Waals surface area contributed by atoms with Gasteiger partial charge in [-0.15, -0.1) is 0 Å². The predicted octanol–water partition coefficient (Wildman–Crippen LogP) is 2.62. The van der Waals surface area contributed by atoms with E-state index >= 15 is 0 Å². The van der Waals surface area contributed by atoms with Crippen LogP contribution in [0.2, 0.25) is 0 Å². The Morgan fingerprint density at radius 3 is 2.31 bits per heavy atom. The van der Waals surface area contributed by atoms with Crippen molar-refractivity contribution in [1.29, 1.82) is 0 Å². The molecule has 1 spiro atoms. The topological polar surface area (TPSA) is 76.2 Å². The minimum atomic E-state index is -3.64. The number of carbonyl (C=O) groups excluding carboxylic acids is 1. The number of hydrogen-bond donors (Lipinski definition) is 0. The van der Waals surface area contributed by atoms with Crippen LogP contribution >= 0.6 is 0 Å². The number of fused-ring (bicyclic) bond motifs is 1. The van der Waals surface area contributed by atoms with Crippen molar-refractivity contribution in [2.75, 3.05) is 31.3 Å². The summed E-state index contributed by atoms with van der Waals surface area (Å²) in [7, 11) is -3.64. The smallest absolute Gasteiger partial charge is 0.243 e. The molecule has 8 heteroatoms. The molecule has 0 radical (unpaired) electrons. The lowest BCUT2D eigenvalue weighted by molar-refractivity contribution is -0.127. The highest BCUT2D eigenvalue weighted by atomic mass is 32.2. The molecule has 2 aromatic carbocycles. The lowest BCUT2D eigenvalue weighted by atomic mass is 9.77. The van der Waals surface area contributed by atoms with Gasteiger partial charge in [-0.3, -0.25) is 4.79 Å². The zero-order valence-electron chi connectivity index (χ0n) is 15.9. The highest BCUT2D eigenvalue weighted by Gasteiger charge is 2.49. The van der Waals surface area contributed by atoms with E-state index < -0.39 is 15.4 Å². The van der Waals surface area contributed by atoms with E-state index in [9.17, 15) is 13.2 Å². The van der Waals surface area contributed by atoms with E-state index in [0.717, 1.165) is 12.1 Å². The number of amides is 1. The number of sulfonamides is 1. The first-order valence-corrected chi connectivity index (χ1v) is 11.2. The van der Waals surface area contributed by atoms with E-state index in [1.165, 1.54) is 10.4 Å². The van der Waals surface area contributed by atoms with E-state index in [0.29, 0.717) is 44.0 Å². The molecular weight excluding hydrogens is 392 g/mol. The van der Waals surface area contributed by atoms with E-state index in [1.54, 1.807) is 12.1 Å². The molecule has 0 atom stereocenters. The maximum absolute atomic E-state index is 13.2. The van der Waals surface area contributed by atoms with Crippen LogP contribution in [0.3, 0.4) is 0 Å². The van der Waals surface area contributed by atoms with Crippen molar-refractivity contribution in [3.05, 3.63) is 48.5 Å². The van der Waals surface area contributed by atoms with Crippen LogP contribution in [0.1, 0.15) is 19.3 Å². The second-order valence-corrected chi connectivity index (χ2v) is 9.68. The molecule has 2 saturated heterocycles. The molecule has 29 heavy (non-hydrogen) atoms. The minimum absolute atomic E-state index is 0.102. The number of rotatable bonds is 3. The quantitative estimate of drug-likeness (QED) is 0.772. The van der Waals surface area contributed by atoms with Gasteiger partial charge in [0, 0.05) is 31.4 Å². The number of piperidine rings is 1. The van der Waals surface area contributed by atoms with Gasteiger partial charge in [-0.2, -0.15) is 4.31 Å². The van der Waals surface area contributed by atoms with Crippen LogP contribution in [0.25, 0.3) is 0 Å². The first-order chi connectivity index (χ1) is 14.0. The highest BCUT2D eigenvalue weighted by Crippen LogP contribution is 2.44. The maximum Gasteiger partial charge on any atom is 0.243 e. The van der Waals surface area contributed by atoms with Crippen molar-refractivity contribution in [3.8, 4) is 11.5 Å². The molecule has 0 aliphatic carbocycles. The van der Waals surface area contributed by atoms with Gasteiger partial charge in [0.25, 0.3) is 0 Å². The fraction of sp³-hybridized carbons (Fsp3) is 0.381. The molecule has 2 aromatic rings. The van der Waals surface area contributed by atoms with Crippen LogP contribution < -0.4 is 14.4 Å². The zero-order valence-corrected chi connectivity index (χ0v) is 16.7. The van der Waals surface area contributed by atoms with Gasteiger partial charge in [0.2, 0.25) is 22.7 Å². The molecule has 152 valence electrons. The summed E-state index contributed by atoms with van der Waals surface area (Å²) in [5, 5.41) is 0. The molecule has 0 bridgehead atoms. The van der Waals surface area contributed by atoms with Crippen LogP contribution in [0.15, 0.2) is 53.4 Å². The average Bonchev–Trinajstić information content (AvgIpc) is 3.34. The number of carbonyl (C=O) groups is 1. The molecule has 1 amide bonds. The summed E-state index contributed by atoms with van der Waals surface area (Å²) < 4.78 is 38.2. The van der Waals surface area contributed by atoms with Crippen molar-refractivity contribution < 1.29 is 22.7 Å². The number of benzene rings is 2. The second-order valence-electron chi connectivity index (χ2n) is 7.74. The summed E-state index contributed by atoms with van der Waals surface area (Å²) in [6.45, 7) is 1.46. The molecule has 2 fully saturated rings. The maximum atomic E-state index is 13.2. The summed E-state index contributed by atoms with van der Waals surface area (Å²) in [6.07, 6.45) is 1.84. The zero-order chi connectivity index (χ0) is 20.1. The van der Waals surface area contributed by atoms with Gasteiger partial charge in [-0.05, 0) is 43.5 Å². The largest absolute Gasteiger partial charge is 0.454 e. The summed E-state index contributed by atoms with van der Waals surface area (Å²) in [5.74, 6) is 1.12. The number of para-hydroxylation sites is 1. The number of hydrogen-bond acceptors (Lipinski definition) is 5. The predicted molar refractivity (Wildman–Crippen MR) is 106 cm³/mol. The van der Waals surface area contributed by atoms with Gasteiger partial charge >= 0.3 is 0 Å². The molecular formula is C21H22N2O5S. The second kappa shape index (κ2) is 6.74. The minimum Gasteiger partial charge on any atom is -0.454 e. The van der Waals surface area contributed by atoms with Gasteiger partial charge in [-0.1, -0.05) is 18.2 Å². The Morgan fingerprint density at radius 2 is 1.55 bits per heavy atom. The Bertz CT molecular complexity index is 1050. The van der Waals surface area contributed by atoms with Crippen LogP contribution in [-0.4, -0.2) is 45.1 Å². The molecule has 3 aliphatic heterocycles. The fourth-order valence-corrected chi connectivity index (χ4v) is 5.94. The molecule has 0 unspecified atom stereocenters. The Hall–Kier alpha value is -2.58. The highest BCUT2D eigenvalue weighted by molar-refractivity contribution is 7.89. The first-order valence-electron chi connectivity index (χ1n) is 9.77. The molecule has 7 nitrogen and oxygen atoms in total. The van der Waals surface area contributed by atoms with Gasteiger partial charge in [0.1, 0.15) is 0 Å². The number of ether oxygens (including phenoxy) is 2. The summed E-state index contributed by atoms with van der Waals surface area (Å²) in [6, 6.07) is 14.3. The lowest BCUT2D eigenvalue weighted by Crippen LogP contribution is -2.46. The third-order valence-electron chi connectivity index (χ3n) is 6.24. The third-order valence-corrected chi connectivity index (χ3v) is 8.14. The summed E-state index contributed by atoms with van der Waals surface area (Å²) in [4.78, 5) is 15.2. The van der Waals surface area contributed by atoms with E-state index in [1.807, 2.05) is 35.2 Å². The monoisotopic (exact) mass is 414 g/mol. The normalized spacial score (nSPS) is 21.1. The molecule has 5 rings (SSSR count). The fourth-order valence-electron chi connectivity index (χ4n) is 4.48. The van der Waals surface area contributed by atoms with Crippen LogP contribution in [0.4, 0.5) is 5.69 Å². The van der Waals surface area contributed by atoms with E-state index in [-0.39, 0.29) is 17.6 Å². The Balaban J connectivity index is 1.32. The van der Waals surface area contributed by atoms with Crippen molar-refractivity contribution >= 4 is 21.6 Å². The Labute approximate surface area is 169 Å². The SMILES string of the molecule is O=C1N(c2ccccc2)CCC12CCN(S(=O)(=O)c1ccc3c(c1)OCO3)CC2. The third kappa shape index (κ3) is 2.98. The van der Waals surface area contributed by atoms with Gasteiger partial charge in [0.05, 0.1) is 10.3 Å². The van der Waals surface area contributed by atoms with E-state index in [2.05, 4.69) is 0 Å². The summed E-state index contributed by atoms with van der Waals surface area (Å²) in [5.41, 5.74) is 0.446. The van der Waals surface area contributed by atoms with Crippen molar-refractivity contribution in [2.45, 2.75) is 24.2 Å². The molecule has 3 aliphatic rings. The number of nitrogens with zero attached hydrogens (tertiary/aromatic N) is 2. The van der Waals surface area contributed by atoms with E-state index in [4.69, 9.17) is 9.47 Å². The Kier molecular flexibility index (Phi) is 4.29. The van der Waals surface area contributed by atoms with Gasteiger partial charge < -0.3 is 14.4 Å². The lowest BCUT2D eigenvalue weighted by Gasteiger charge is -2.37. The van der Waals surface area contributed by atoms with Crippen molar-refractivity contribution in [1.82, 2.24) is 4.31 Å². The van der Waals surface area contributed by atoms with Gasteiger partial charge in [0.15, 0.2) is 11.5 Å². The molecule has 3 heterocycles. The first kappa shape index (κ1) is 18.4. The summed E-state index contributed by atoms with van der Waals surface area (Å²) >= 11 is 0. The molecule has 0 aromatic heterocycles. The average molecular weight is 414 g/mol. The molecule has 0 saturated carbocycles. The standard InChI is InChI=1S/C21H22N2O5S/c24-20-21(10-13-23(20)16-4-2-1-3-5-16)8-11-22(12-9-21)29(25,26)17-6-7-18-19(14-17)28-15-27-18/h1-7,14H,8-13,15H2. The van der Waals surface area contributed by atoms with Crippen molar-refractivity contribution in [3.63, 3.8) is 0 Å². The van der Waals surface area contributed by atoms with Crippen LogP contribution in [-0.2, 0) is 14.8 Å². The van der Waals surface area contributed by atoms with Crippen molar-refractivity contribution in [2.24, 2.45) is 5.41 Å². The Morgan fingerprint density at radius 1 is 0.862 bits per heavy atom. The molecule has 0 N–H and O–H groups in total. The van der Waals surface area contributed by atoms with Crippen LogP contribution in [0, 0.1) is 5.41 Å². The van der Waals surface area contributed by atoms with Crippen LogP contribution in [0.5, 0.6) is 11.5 Å². The van der Waals surface area contributed by atoms with Gasteiger partial charge in [-0.25, -0.2) is 8.42 Å². The number of anilines is 1.